The highest BCUT2D eigenvalue weighted by Gasteiger charge is 2.20. The zero-order valence-electron chi connectivity index (χ0n) is 8.75. The van der Waals surface area contributed by atoms with Crippen LogP contribution in [0.5, 0.6) is 0 Å². The summed E-state index contributed by atoms with van der Waals surface area (Å²) in [4.78, 5) is 0. The SMILES string of the molecule is CC(C)CC(C)C(O)C(C)CN. The van der Waals surface area contributed by atoms with Crippen molar-refractivity contribution in [2.24, 2.45) is 23.5 Å². The maximum atomic E-state index is 9.76. The molecular weight excluding hydrogens is 150 g/mol. The molecule has 0 heterocycles. The zero-order chi connectivity index (χ0) is 9.72. The summed E-state index contributed by atoms with van der Waals surface area (Å²) < 4.78 is 0. The molecule has 0 aromatic heterocycles. The van der Waals surface area contributed by atoms with Crippen molar-refractivity contribution in [1.82, 2.24) is 0 Å². The highest BCUT2D eigenvalue weighted by atomic mass is 16.3. The van der Waals surface area contributed by atoms with Gasteiger partial charge in [-0.2, -0.15) is 0 Å². The molecule has 3 atom stereocenters. The molecule has 74 valence electrons. The lowest BCUT2D eigenvalue weighted by molar-refractivity contribution is 0.0590. The van der Waals surface area contributed by atoms with Gasteiger partial charge in [-0.1, -0.05) is 27.7 Å². The van der Waals surface area contributed by atoms with Gasteiger partial charge in [0.15, 0.2) is 0 Å². The number of hydrogen-bond acceptors (Lipinski definition) is 2. The molecule has 3 N–H and O–H groups in total. The molecule has 0 aromatic rings. The average molecular weight is 173 g/mol. The van der Waals surface area contributed by atoms with Gasteiger partial charge in [-0.3, -0.25) is 0 Å². The van der Waals surface area contributed by atoms with Crippen LogP contribution in [-0.4, -0.2) is 17.8 Å². The smallest absolute Gasteiger partial charge is 0.0603 e. The lowest BCUT2D eigenvalue weighted by atomic mass is 9.87. The van der Waals surface area contributed by atoms with E-state index in [4.69, 9.17) is 5.73 Å². The monoisotopic (exact) mass is 173 g/mol. The van der Waals surface area contributed by atoms with E-state index in [1.54, 1.807) is 0 Å². The third-order valence-corrected chi connectivity index (χ3v) is 2.38. The Balaban J connectivity index is 3.83. The predicted molar refractivity (Wildman–Crippen MR) is 52.8 cm³/mol. The maximum absolute atomic E-state index is 9.76. The Morgan fingerprint density at radius 1 is 1.08 bits per heavy atom. The summed E-state index contributed by atoms with van der Waals surface area (Å²) in [7, 11) is 0. The number of aliphatic hydroxyl groups excluding tert-OH is 1. The Kier molecular flexibility index (Phi) is 5.51. The first-order chi connectivity index (χ1) is 5.49. The van der Waals surface area contributed by atoms with Crippen molar-refractivity contribution in [3.05, 3.63) is 0 Å². The first-order valence-corrected chi connectivity index (χ1v) is 4.87. The topological polar surface area (TPSA) is 46.2 Å². The molecule has 0 aliphatic rings. The van der Waals surface area contributed by atoms with Gasteiger partial charge in [0.2, 0.25) is 0 Å². The standard InChI is InChI=1S/C10H23NO/c1-7(2)5-8(3)10(12)9(4)6-11/h7-10,12H,5-6,11H2,1-4H3. The summed E-state index contributed by atoms with van der Waals surface area (Å²) in [5, 5.41) is 9.76. The van der Waals surface area contributed by atoms with Crippen LogP contribution in [0.1, 0.15) is 34.1 Å². The fourth-order valence-corrected chi connectivity index (χ4v) is 1.58. The number of rotatable bonds is 5. The Labute approximate surface area is 76.2 Å². The van der Waals surface area contributed by atoms with Crippen molar-refractivity contribution < 1.29 is 5.11 Å². The summed E-state index contributed by atoms with van der Waals surface area (Å²) in [5.74, 6) is 1.24. The van der Waals surface area contributed by atoms with Gasteiger partial charge >= 0.3 is 0 Å². The van der Waals surface area contributed by atoms with E-state index in [0.717, 1.165) is 6.42 Å². The molecule has 2 nitrogen and oxygen atoms in total. The summed E-state index contributed by atoms with van der Waals surface area (Å²) in [6.07, 6.45) is 0.836. The third kappa shape index (κ3) is 4.07. The van der Waals surface area contributed by atoms with Gasteiger partial charge in [-0.25, -0.2) is 0 Å². The van der Waals surface area contributed by atoms with Crippen molar-refractivity contribution in [2.45, 2.75) is 40.2 Å². The van der Waals surface area contributed by atoms with E-state index >= 15 is 0 Å². The normalized spacial score (nSPS) is 19.2. The van der Waals surface area contributed by atoms with Crippen molar-refractivity contribution in [3.63, 3.8) is 0 Å². The maximum Gasteiger partial charge on any atom is 0.0603 e. The number of aliphatic hydroxyl groups is 1. The van der Waals surface area contributed by atoms with Crippen LogP contribution in [0.2, 0.25) is 0 Å². The Bertz CT molecular complexity index is 114. The van der Waals surface area contributed by atoms with Crippen molar-refractivity contribution in [1.29, 1.82) is 0 Å². The summed E-state index contributed by atoms with van der Waals surface area (Å²) in [6, 6.07) is 0. The van der Waals surface area contributed by atoms with E-state index in [1.165, 1.54) is 0 Å². The van der Waals surface area contributed by atoms with Crippen LogP contribution in [0.3, 0.4) is 0 Å². The van der Waals surface area contributed by atoms with Crippen LogP contribution >= 0.6 is 0 Å². The van der Waals surface area contributed by atoms with Crippen LogP contribution in [0.25, 0.3) is 0 Å². The molecule has 0 fully saturated rings. The van der Waals surface area contributed by atoms with E-state index < -0.39 is 0 Å². The van der Waals surface area contributed by atoms with Crippen LogP contribution in [0.4, 0.5) is 0 Å². The quantitative estimate of drug-likeness (QED) is 0.663. The summed E-state index contributed by atoms with van der Waals surface area (Å²) >= 11 is 0. The van der Waals surface area contributed by atoms with E-state index in [9.17, 15) is 5.11 Å². The minimum absolute atomic E-state index is 0.221. The van der Waals surface area contributed by atoms with Gasteiger partial charge < -0.3 is 10.8 Å². The Hall–Kier alpha value is -0.0800. The van der Waals surface area contributed by atoms with E-state index in [-0.39, 0.29) is 12.0 Å². The van der Waals surface area contributed by atoms with Crippen molar-refractivity contribution in [2.75, 3.05) is 6.54 Å². The van der Waals surface area contributed by atoms with Crippen molar-refractivity contribution >= 4 is 0 Å². The number of hydrogen-bond donors (Lipinski definition) is 2. The van der Waals surface area contributed by atoms with Gasteiger partial charge in [0.05, 0.1) is 6.10 Å². The molecule has 0 aliphatic carbocycles. The van der Waals surface area contributed by atoms with Crippen LogP contribution in [0.15, 0.2) is 0 Å². The van der Waals surface area contributed by atoms with E-state index in [0.29, 0.717) is 18.4 Å². The van der Waals surface area contributed by atoms with Gasteiger partial charge in [0, 0.05) is 0 Å². The van der Waals surface area contributed by atoms with Crippen LogP contribution in [0, 0.1) is 17.8 Å². The van der Waals surface area contributed by atoms with Crippen LogP contribution in [-0.2, 0) is 0 Å². The molecule has 12 heavy (non-hydrogen) atoms. The highest BCUT2D eigenvalue weighted by Crippen LogP contribution is 2.19. The highest BCUT2D eigenvalue weighted by molar-refractivity contribution is 4.72. The van der Waals surface area contributed by atoms with E-state index in [2.05, 4.69) is 20.8 Å². The predicted octanol–water partition coefficient (Wildman–Crippen LogP) is 1.62. The Morgan fingerprint density at radius 2 is 1.58 bits per heavy atom. The lowest BCUT2D eigenvalue weighted by Crippen LogP contribution is -2.31. The second-order valence-corrected chi connectivity index (χ2v) is 4.31. The minimum atomic E-state index is -0.239. The van der Waals surface area contributed by atoms with E-state index in [1.807, 2.05) is 6.92 Å². The summed E-state index contributed by atoms with van der Waals surface area (Å²) in [6.45, 7) is 9.02. The molecule has 0 amide bonds. The van der Waals surface area contributed by atoms with Gasteiger partial charge in [-0.05, 0) is 30.7 Å². The molecule has 0 rings (SSSR count). The fraction of sp³-hybridized carbons (Fsp3) is 1.00. The first kappa shape index (κ1) is 11.9. The number of nitrogens with two attached hydrogens (primary N) is 1. The fourth-order valence-electron chi connectivity index (χ4n) is 1.58. The molecule has 0 aromatic carbocycles. The molecule has 0 radical (unpaired) electrons. The molecular formula is C10H23NO. The summed E-state index contributed by atoms with van der Waals surface area (Å²) in [5.41, 5.74) is 5.48. The second-order valence-electron chi connectivity index (χ2n) is 4.31. The van der Waals surface area contributed by atoms with Crippen molar-refractivity contribution in [3.8, 4) is 0 Å². The molecule has 3 unspecified atom stereocenters. The Morgan fingerprint density at radius 3 is 1.92 bits per heavy atom. The molecule has 0 bridgehead atoms. The second kappa shape index (κ2) is 5.55. The first-order valence-electron chi connectivity index (χ1n) is 4.87. The van der Waals surface area contributed by atoms with Gasteiger partial charge in [-0.15, -0.1) is 0 Å². The average Bonchev–Trinajstić information content (AvgIpc) is 2.00. The molecule has 0 aliphatic heterocycles. The van der Waals surface area contributed by atoms with Crippen LogP contribution < -0.4 is 5.73 Å². The molecule has 0 saturated heterocycles. The largest absolute Gasteiger partial charge is 0.393 e. The van der Waals surface area contributed by atoms with Gasteiger partial charge in [0.1, 0.15) is 0 Å². The third-order valence-electron chi connectivity index (χ3n) is 2.38. The molecule has 0 saturated carbocycles. The molecule has 2 heteroatoms. The van der Waals surface area contributed by atoms with Gasteiger partial charge in [0.25, 0.3) is 0 Å². The zero-order valence-corrected chi connectivity index (χ0v) is 8.75. The molecule has 0 spiro atoms. The lowest BCUT2D eigenvalue weighted by Gasteiger charge is -2.25. The minimum Gasteiger partial charge on any atom is -0.393 e.